The average molecular weight is 727 g/mol. The van der Waals surface area contributed by atoms with Gasteiger partial charge >= 0.3 is 5.97 Å². The van der Waals surface area contributed by atoms with Gasteiger partial charge in [-0.15, -0.1) is 0 Å². The minimum atomic E-state index is -2.14. The number of Topliss-reactive ketones (excluding diaryl/α,β-unsaturated/α-hetero) is 1. The molecular weight excluding hydrogens is 672 g/mol. The lowest BCUT2D eigenvalue weighted by Gasteiger charge is -2.59. The van der Waals surface area contributed by atoms with Crippen molar-refractivity contribution >= 4 is 29.5 Å². The van der Waals surface area contributed by atoms with Crippen molar-refractivity contribution in [3.8, 4) is 17.2 Å². The number of hydrogen-bond acceptors (Lipinski definition) is 10. The molecular formula is C42H54N4O7. The number of allylic oxidation sites excluding steroid dienone is 4. The third-order valence-electron chi connectivity index (χ3n) is 11.4. The zero-order valence-electron chi connectivity index (χ0n) is 32.7. The summed E-state index contributed by atoms with van der Waals surface area (Å²) in [7, 11) is 1.30. The zero-order chi connectivity index (χ0) is 38.6. The number of carbonyl (C=O) groups is 2. The highest BCUT2D eigenvalue weighted by atomic mass is 16.5. The number of methoxy groups -OCH3 is 1. The molecule has 3 aliphatic heterocycles. The Morgan fingerprint density at radius 3 is 2.51 bits per heavy atom. The predicted octanol–water partition coefficient (Wildman–Crippen LogP) is 7.81. The smallest absolute Gasteiger partial charge is 0.333 e. The molecule has 5 atom stereocenters. The van der Waals surface area contributed by atoms with Crippen LogP contribution < -0.4 is 14.8 Å². The number of aromatic nitrogens is 3. The largest absolute Gasteiger partial charge is 0.506 e. The fourth-order valence-corrected chi connectivity index (χ4v) is 8.63. The van der Waals surface area contributed by atoms with E-state index >= 15 is 0 Å². The maximum atomic E-state index is 14.5. The van der Waals surface area contributed by atoms with Crippen LogP contribution in [0.3, 0.4) is 0 Å². The summed E-state index contributed by atoms with van der Waals surface area (Å²) in [5.41, 5.74) is 0.808. The number of aliphatic hydroxyl groups is 1. The second-order valence-electron chi connectivity index (χ2n) is 16.0. The van der Waals surface area contributed by atoms with Gasteiger partial charge in [0.1, 0.15) is 29.2 Å². The van der Waals surface area contributed by atoms with E-state index in [4.69, 9.17) is 14.2 Å². The van der Waals surface area contributed by atoms with Crippen LogP contribution in [-0.2, 0) is 20.7 Å². The molecule has 1 aromatic heterocycles. The van der Waals surface area contributed by atoms with E-state index in [0.717, 1.165) is 12.0 Å². The molecule has 2 aromatic rings. The molecule has 1 saturated carbocycles. The number of nitrogens with one attached hydrogen (secondary N) is 1. The predicted molar refractivity (Wildman–Crippen MR) is 205 cm³/mol. The Hall–Kier alpha value is -4.64. The molecule has 11 heteroatoms. The summed E-state index contributed by atoms with van der Waals surface area (Å²) in [6, 6.07) is -0.553. The fraction of sp³-hybridized carbons (Fsp3) is 0.524. The standard InChI is InChI=1S/C42H54N4O7/c1-23(2)12-11-19-40(9)20-18-28-35(48)32-34-33(27(8)46-39(45-34)43-22-44-46)42(53-37(32)29(36(28)52-40)14-13-24(3)4)30(25(5)6)15-16-31(47)41(42,50)21-17-26(7)38(49)51-10/h12-13,17-18,20,22,25,27,30,48,50H,11,14-16,19,21H2,1-10H3,(H,43,44,45)/b26-17-. The molecule has 1 aliphatic carbocycles. The summed E-state index contributed by atoms with van der Waals surface area (Å²) >= 11 is 0. The number of fused-ring (bicyclic) bond motifs is 5. The molecule has 284 valence electrons. The summed E-state index contributed by atoms with van der Waals surface area (Å²) in [4.78, 5) is 31.6. The normalized spacial score (nSPS) is 27.2. The Kier molecular flexibility index (Phi) is 10.0. The van der Waals surface area contributed by atoms with Crippen LogP contribution in [0.15, 0.2) is 52.9 Å². The summed E-state index contributed by atoms with van der Waals surface area (Å²) < 4.78 is 21.1. The van der Waals surface area contributed by atoms with Crippen molar-refractivity contribution in [1.29, 1.82) is 0 Å². The molecule has 6 rings (SSSR count). The zero-order valence-corrected chi connectivity index (χ0v) is 32.7. The number of aromatic hydroxyl groups is 1. The monoisotopic (exact) mass is 726 g/mol. The van der Waals surface area contributed by atoms with E-state index < -0.39 is 34.6 Å². The molecule has 11 nitrogen and oxygen atoms in total. The molecule has 1 fully saturated rings. The first-order chi connectivity index (χ1) is 25.0. The second-order valence-corrected chi connectivity index (χ2v) is 16.0. The summed E-state index contributed by atoms with van der Waals surface area (Å²) in [6.07, 6.45) is 13.5. The highest BCUT2D eigenvalue weighted by Crippen LogP contribution is 2.63. The molecule has 4 aliphatic rings. The first-order valence-corrected chi connectivity index (χ1v) is 18.7. The maximum Gasteiger partial charge on any atom is 0.333 e. The van der Waals surface area contributed by atoms with Gasteiger partial charge in [0.15, 0.2) is 17.0 Å². The van der Waals surface area contributed by atoms with E-state index in [9.17, 15) is 19.8 Å². The number of benzene rings is 1. The van der Waals surface area contributed by atoms with Crippen LogP contribution in [0.2, 0.25) is 0 Å². The summed E-state index contributed by atoms with van der Waals surface area (Å²) in [6.45, 7) is 17.9. The number of phenolic OH excluding ortho intramolecular Hbond substituents is 1. The number of phenols is 1. The van der Waals surface area contributed by atoms with Crippen LogP contribution in [0.4, 0.5) is 5.95 Å². The molecule has 4 heterocycles. The number of carbonyl (C=O) groups excluding carboxylic acids is 2. The van der Waals surface area contributed by atoms with E-state index in [-0.39, 0.29) is 36.0 Å². The van der Waals surface area contributed by atoms with Crippen molar-refractivity contribution in [3.63, 3.8) is 0 Å². The van der Waals surface area contributed by atoms with Gasteiger partial charge < -0.3 is 29.7 Å². The lowest BCUT2D eigenvalue weighted by Crippen LogP contribution is -2.72. The van der Waals surface area contributed by atoms with E-state index in [2.05, 4.69) is 55.2 Å². The SMILES string of the molecule is COC(=O)/C(C)=C\CC1(O)C(=O)CCC(C(C)C)C12Oc1c(CC=C(C)C)c3c(c(O)c1C1=C2C(C)n2ncnc2N1)C=CC(C)(CCC=C(C)C)O3. The highest BCUT2D eigenvalue weighted by molar-refractivity contribution is 5.97. The number of rotatable bonds is 9. The van der Waals surface area contributed by atoms with E-state index in [0.29, 0.717) is 64.7 Å². The maximum absolute atomic E-state index is 14.5. The van der Waals surface area contributed by atoms with E-state index in [1.807, 2.05) is 39.8 Å². The van der Waals surface area contributed by atoms with E-state index in [1.54, 1.807) is 17.7 Å². The first-order valence-electron chi connectivity index (χ1n) is 18.7. The van der Waals surface area contributed by atoms with Crippen molar-refractivity contribution in [3.05, 3.63) is 69.6 Å². The van der Waals surface area contributed by atoms with Crippen LogP contribution in [0.25, 0.3) is 11.8 Å². The van der Waals surface area contributed by atoms with Crippen molar-refractivity contribution in [2.45, 2.75) is 124 Å². The summed E-state index contributed by atoms with van der Waals surface area (Å²) in [5.74, 6) is -0.149. The van der Waals surface area contributed by atoms with Gasteiger partial charge in [-0.3, -0.25) is 4.79 Å². The number of anilines is 1. The van der Waals surface area contributed by atoms with Gasteiger partial charge in [0, 0.05) is 35.5 Å². The van der Waals surface area contributed by atoms with Gasteiger partial charge in [0.25, 0.3) is 0 Å². The number of ether oxygens (including phenoxy) is 3. The van der Waals surface area contributed by atoms with Crippen molar-refractivity contribution < 1.29 is 34.0 Å². The third kappa shape index (κ3) is 6.20. The van der Waals surface area contributed by atoms with Crippen molar-refractivity contribution in [2.24, 2.45) is 11.8 Å². The molecule has 1 aromatic carbocycles. The number of ketones is 1. The quantitative estimate of drug-likeness (QED) is 0.133. The van der Waals surface area contributed by atoms with Crippen LogP contribution in [-0.4, -0.2) is 60.6 Å². The second kappa shape index (κ2) is 14.0. The first kappa shape index (κ1) is 38.1. The van der Waals surface area contributed by atoms with Gasteiger partial charge in [-0.25, -0.2) is 9.48 Å². The van der Waals surface area contributed by atoms with Gasteiger partial charge in [0.05, 0.1) is 30.0 Å². The van der Waals surface area contributed by atoms with Gasteiger partial charge in [0.2, 0.25) is 5.95 Å². The third-order valence-corrected chi connectivity index (χ3v) is 11.4. The van der Waals surface area contributed by atoms with Gasteiger partial charge in [-0.2, -0.15) is 10.1 Å². The van der Waals surface area contributed by atoms with E-state index in [1.165, 1.54) is 19.0 Å². The Balaban J connectivity index is 1.70. The number of esters is 1. The minimum absolute atomic E-state index is 0.0400. The van der Waals surface area contributed by atoms with Gasteiger partial charge in [-0.05, 0) is 92.2 Å². The van der Waals surface area contributed by atoms with Crippen LogP contribution in [0.1, 0.15) is 117 Å². The molecule has 0 bridgehead atoms. The lowest BCUT2D eigenvalue weighted by molar-refractivity contribution is -0.187. The molecule has 53 heavy (non-hydrogen) atoms. The minimum Gasteiger partial charge on any atom is -0.506 e. The van der Waals surface area contributed by atoms with Crippen molar-refractivity contribution in [2.75, 3.05) is 12.4 Å². The Morgan fingerprint density at radius 2 is 1.85 bits per heavy atom. The molecule has 0 saturated heterocycles. The van der Waals surface area contributed by atoms with Crippen LogP contribution in [0, 0.1) is 11.8 Å². The van der Waals surface area contributed by atoms with Gasteiger partial charge in [-0.1, -0.05) is 43.2 Å². The molecule has 3 N–H and O–H groups in total. The molecule has 0 radical (unpaired) electrons. The summed E-state index contributed by atoms with van der Waals surface area (Å²) in [5, 5.41) is 33.6. The van der Waals surface area contributed by atoms with Crippen LogP contribution in [0.5, 0.6) is 17.2 Å². The Labute approximate surface area is 312 Å². The number of hydrogen-bond donors (Lipinski definition) is 3. The molecule has 1 spiro atoms. The van der Waals surface area contributed by atoms with Crippen molar-refractivity contribution in [1.82, 2.24) is 14.8 Å². The fourth-order valence-electron chi connectivity index (χ4n) is 8.63. The highest BCUT2D eigenvalue weighted by Gasteiger charge is 2.69. The molecule has 0 amide bonds. The van der Waals surface area contributed by atoms with Crippen LogP contribution >= 0.6 is 0 Å². The molecule has 5 unspecified atom stereocenters. The Morgan fingerprint density at radius 1 is 1.13 bits per heavy atom. The average Bonchev–Trinajstić information content (AvgIpc) is 3.57. The topological polar surface area (TPSA) is 145 Å². The Bertz CT molecular complexity index is 1990. The number of nitrogens with zero attached hydrogens (tertiary/aromatic N) is 3. The lowest BCUT2D eigenvalue weighted by atomic mass is 9.55.